The van der Waals surface area contributed by atoms with Gasteiger partial charge in [-0.15, -0.1) is 11.3 Å². The lowest BCUT2D eigenvalue weighted by Gasteiger charge is -2.18. The van der Waals surface area contributed by atoms with Gasteiger partial charge in [0.15, 0.2) is 0 Å². The largest absolute Gasteiger partial charge is 0.309 e. The first-order chi connectivity index (χ1) is 19.9. The summed E-state index contributed by atoms with van der Waals surface area (Å²) >= 11 is 1.90. The molecule has 0 amide bonds. The fraction of sp³-hybridized carbons (Fsp3) is 0. The molecule has 0 spiro atoms. The Morgan fingerprint density at radius 1 is 0.375 bits per heavy atom. The third-order valence-electron chi connectivity index (χ3n) is 7.83. The number of thiophene rings is 1. The van der Waals surface area contributed by atoms with Crippen LogP contribution in [0.2, 0.25) is 0 Å². The first-order valence-corrected chi connectivity index (χ1v) is 14.4. The molecule has 2 aromatic heterocycles. The van der Waals surface area contributed by atoms with E-state index in [0.29, 0.717) is 0 Å². The molecule has 0 aliphatic heterocycles. The Labute approximate surface area is 237 Å². The van der Waals surface area contributed by atoms with E-state index in [0.717, 1.165) is 0 Å². The van der Waals surface area contributed by atoms with E-state index in [4.69, 9.17) is 0 Å². The molecular weight excluding hydrogens is 502 g/mol. The lowest BCUT2D eigenvalue weighted by Crippen LogP contribution is -1.98. The SMILES string of the molecule is c1ccc(-c2cccc(-n3c4ccccc4c4ccccc43)c2-c2sc(-c3ccccc3)c3ccccc23)cc1. The number of benzene rings is 6. The summed E-state index contributed by atoms with van der Waals surface area (Å²) in [5.41, 5.74) is 8.63. The van der Waals surface area contributed by atoms with Gasteiger partial charge in [-0.3, -0.25) is 0 Å². The molecule has 0 N–H and O–H groups in total. The Balaban J connectivity index is 1.53. The van der Waals surface area contributed by atoms with Crippen molar-refractivity contribution in [3.63, 3.8) is 0 Å². The molecule has 8 rings (SSSR count). The number of hydrogen-bond acceptors (Lipinski definition) is 1. The topological polar surface area (TPSA) is 4.93 Å². The normalized spacial score (nSPS) is 11.5. The first kappa shape index (κ1) is 23.0. The van der Waals surface area contributed by atoms with E-state index in [9.17, 15) is 0 Å². The minimum Gasteiger partial charge on any atom is -0.309 e. The van der Waals surface area contributed by atoms with Gasteiger partial charge in [0, 0.05) is 36.9 Å². The molecule has 0 unspecified atom stereocenters. The van der Waals surface area contributed by atoms with Crippen LogP contribution in [0.4, 0.5) is 0 Å². The van der Waals surface area contributed by atoms with E-state index in [1.807, 2.05) is 11.3 Å². The molecule has 0 aliphatic carbocycles. The Morgan fingerprint density at radius 2 is 0.875 bits per heavy atom. The van der Waals surface area contributed by atoms with Gasteiger partial charge in [-0.05, 0) is 34.9 Å². The number of fused-ring (bicyclic) bond motifs is 4. The van der Waals surface area contributed by atoms with Crippen LogP contribution in [0.15, 0.2) is 152 Å². The van der Waals surface area contributed by atoms with Gasteiger partial charge in [0.2, 0.25) is 0 Å². The van der Waals surface area contributed by atoms with Crippen LogP contribution in [-0.4, -0.2) is 4.57 Å². The van der Waals surface area contributed by atoms with Crippen LogP contribution in [0.5, 0.6) is 0 Å². The molecule has 0 fully saturated rings. The van der Waals surface area contributed by atoms with E-state index in [1.165, 1.54) is 70.3 Å². The van der Waals surface area contributed by atoms with Crippen molar-refractivity contribution >= 4 is 43.9 Å². The van der Waals surface area contributed by atoms with Crippen LogP contribution in [0.3, 0.4) is 0 Å². The molecule has 6 aromatic carbocycles. The van der Waals surface area contributed by atoms with Gasteiger partial charge < -0.3 is 4.57 Å². The lowest BCUT2D eigenvalue weighted by molar-refractivity contribution is 1.18. The molecule has 8 aromatic rings. The molecule has 0 aliphatic rings. The number of para-hydroxylation sites is 2. The Hall–Kier alpha value is -4.92. The molecule has 2 heteroatoms. The van der Waals surface area contributed by atoms with E-state index in [1.54, 1.807) is 0 Å². The highest BCUT2D eigenvalue weighted by atomic mass is 32.1. The third-order valence-corrected chi connectivity index (χ3v) is 9.12. The summed E-state index contributed by atoms with van der Waals surface area (Å²) in [5, 5.41) is 5.13. The van der Waals surface area contributed by atoms with Crippen LogP contribution in [-0.2, 0) is 0 Å². The van der Waals surface area contributed by atoms with Crippen LogP contribution >= 0.6 is 11.3 Å². The van der Waals surface area contributed by atoms with Crippen molar-refractivity contribution in [2.24, 2.45) is 0 Å². The summed E-state index contributed by atoms with van der Waals surface area (Å²) in [6, 6.07) is 54.8. The second kappa shape index (κ2) is 9.37. The fourth-order valence-electron chi connectivity index (χ4n) is 6.09. The van der Waals surface area contributed by atoms with Gasteiger partial charge in [-0.25, -0.2) is 0 Å². The van der Waals surface area contributed by atoms with Gasteiger partial charge in [0.1, 0.15) is 0 Å². The molecule has 1 nitrogen and oxygen atoms in total. The second-order valence-corrected chi connectivity index (χ2v) is 11.1. The van der Waals surface area contributed by atoms with E-state index >= 15 is 0 Å². The number of aromatic nitrogens is 1. The van der Waals surface area contributed by atoms with Gasteiger partial charge in [-0.2, -0.15) is 0 Å². The molecular formula is C38H25NS. The Kier molecular flexibility index (Phi) is 5.39. The van der Waals surface area contributed by atoms with Crippen molar-refractivity contribution in [3.05, 3.63) is 152 Å². The van der Waals surface area contributed by atoms with Gasteiger partial charge in [-0.1, -0.05) is 133 Å². The number of nitrogens with zero attached hydrogens (tertiary/aromatic N) is 1. The lowest BCUT2D eigenvalue weighted by atomic mass is 9.94. The van der Waals surface area contributed by atoms with E-state index in [2.05, 4.69) is 156 Å². The van der Waals surface area contributed by atoms with Crippen LogP contribution in [0, 0.1) is 0 Å². The van der Waals surface area contributed by atoms with E-state index in [-0.39, 0.29) is 0 Å². The number of hydrogen-bond donors (Lipinski definition) is 0. The van der Waals surface area contributed by atoms with Crippen molar-refractivity contribution in [1.29, 1.82) is 0 Å². The van der Waals surface area contributed by atoms with Crippen LogP contribution in [0.25, 0.3) is 70.3 Å². The highest BCUT2D eigenvalue weighted by Gasteiger charge is 2.22. The molecule has 0 radical (unpaired) electrons. The highest BCUT2D eigenvalue weighted by molar-refractivity contribution is 7.21. The van der Waals surface area contributed by atoms with Crippen molar-refractivity contribution < 1.29 is 0 Å². The molecule has 40 heavy (non-hydrogen) atoms. The first-order valence-electron chi connectivity index (χ1n) is 13.6. The highest BCUT2D eigenvalue weighted by Crippen LogP contribution is 2.49. The minimum absolute atomic E-state index is 1.20. The Bertz CT molecular complexity index is 2100. The summed E-state index contributed by atoms with van der Waals surface area (Å²) < 4.78 is 2.46. The van der Waals surface area contributed by atoms with E-state index < -0.39 is 0 Å². The van der Waals surface area contributed by atoms with Crippen molar-refractivity contribution in [3.8, 4) is 37.7 Å². The smallest absolute Gasteiger partial charge is 0.0555 e. The second-order valence-electron chi connectivity index (χ2n) is 10.1. The maximum Gasteiger partial charge on any atom is 0.0555 e. The summed E-state index contributed by atoms with van der Waals surface area (Å²) in [6.07, 6.45) is 0. The van der Waals surface area contributed by atoms with Gasteiger partial charge in [0.25, 0.3) is 0 Å². The Morgan fingerprint density at radius 3 is 1.50 bits per heavy atom. The quantitative estimate of drug-likeness (QED) is 0.214. The number of rotatable bonds is 4. The minimum atomic E-state index is 1.20. The molecule has 188 valence electrons. The zero-order valence-corrected chi connectivity index (χ0v) is 22.6. The summed E-state index contributed by atoms with van der Waals surface area (Å²) in [7, 11) is 0. The maximum absolute atomic E-state index is 2.46. The van der Waals surface area contributed by atoms with Crippen molar-refractivity contribution in [2.75, 3.05) is 0 Å². The summed E-state index contributed by atoms with van der Waals surface area (Å²) in [6.45, 7) is 0. The third kappa shape index (κ3) is 3.54. The summed E-state index contributed by atoms with van der Waals surface area (Å²) in [5.74, 6) is 0. The fourth-order valence-corrected chi connectivity index (χ4v) is 7.44. The van der Waals surface area contributed by atoms with Gasteiger partial charge in [0.05, 0.1) is 16.7 Å². The maximum atomic E-state index is 2.46. The molecule has 2 heterocycles. The zero-order valence-electron chi connectivity index (χ0n) is 21.8. The molecule has 0 saturated heterocycles. The summed E-state index contributed by atoms with van der Waals surface area (Å²) in [4.78, 5) is 2.60. The van der Waals surface area contributed by atoms with Crippen LogP contribution < -0.4 is 0 Å². The molecule has 0 bridgehead atoms. The average molecular weight is 528 g/mol. The van der Waals surface area contributed by atoms with Gasteiger partial charge >= 0.3 is 0 Å². The zero-order chi connectivity index (χ0) is 26.5. The molecule has 0 atom stereocenters. The standard InChI is InChI=1S/C38H25NS/c1-3-14-26(15-4-1)28-22-13-25-35(39-33-23-11-9-18-29(33)30-19-10-12-24-34(30)39)36(28)38-32-21-8-7-20-31(32)37(40-38)27-16-5-2-6-17-27/h1-25H. The predicted octanol–water partition coefficient (Wildman–Crippen LogP) is 11.0. The molecule has 0 saturated carbocycles. The van der Waals surface area contributed by atoms with Crippen LogP contribution in [0.1, 0.15) is 0 Å². The predicted molar refractivity (Wildman–Crippen MR) is 172 cm³/mol. The van der Waals surface area contributed by atoms with Crippen molar-refractivity contribution in [2.45, 2.75) is 0 Å². The average Bonchev–Trinajstić information content (AvgIpc) is 3.58. The van der Waals surface area contributed by atoms with Crippen molar-refractivity contribution in [1.82, 2.24) is 4.57 Å². The monoisotopic (exact) mass is 527 g/mol.